The minimum Gasteiger partial charge on any atom is -0.494 e. The number of nitrogens with zero attached hydrogens (tertiary/aromatic N) is 2. The van der Waals surface area contributed by atoms with E-state index in [4.69, 9.17) is 23.2 Å². The summed E-state index contributed by atoms with van der Waals surface area (Å²) in [5, 5.41) is 11.2. The van der Waals surface area contributed by atoms with Crippen LogP contribution >= 0.6 is 23.2 Å². The first-order chi connectivity index (χ1) is 13.0. The molecule has 0 aliphatic rings. The highest BCUT2D eigenvalue weighted by atomic mass is 35.5. The van der Waals surface area contributed by atoms with Crippen LogP contribution in [0, 0.1) is 0 Å². The molecule has 0 spiro atoms. The Labute approximate surface area is 166 Å². The van der Waals surface area contributed by atoms with Gasteiger partial charge in [0.2, 0.25) is 5.88 Å². The fourth-order valence-electron chi connectivity index (χ4n) is 2.89. The smallest absolute Gasteiger partial charge is 0.333 e. The Bertz CT molecular complexity index is 1070. The quantitative estimate of drug-likeness (QED) is 0.683. The fourth-order valence-corrected chi connectivity index (χ4v) is 3.35. The van der Waals surface area contributed by atoms with Crippen molar-refractivity contribution >= 4 is 23.2 Å². The summed E-state index contributed by atoms with van der Waals surface area (Å²) in [5.74, 6) is -0.356. The van der Waals surface area contributed by atoms with E-state index in [9.17, 15) is 14.7 Å². The van der Waals surface area contributed by atoms with Crippen molar-refractivity contribution in [3.63, 3.8) is 0 Å². The van der Waals surface area contributed by atoms with Crippen LogP contribution in [0.25, 0.3) is 0 Å². The van der Waals surface area contributed by atoms with Gasteiger partial charge in [-0.15, -0.1) is 0 Å². The summed E-state index contributed by atoms with van der Waals surface area (Å²) in [6.45, 7) is 0.383. The van der Waals surface area contributed by atoms with Gasteiger partial charge in [0.25, 0.3) is 5.56 Å². The third kappa shape index (κ3) is 4.43. The molecule has 0 amide bonds. The maximum Gasteiger partial charge on any atom is 0.333 e. The Hall–Kier alpha value is -2.50. The lowest BCUT2D eigenvalue weighted by molar-refractivity contribution is 0.388. The topological polar surface area (TPSA) is 64.2 Å². The monoisotopic (exact) mass is 404 g/mol. The molecule has 0 fully saturated rings. The Morgan fingerprint density at radius 2 is 1.26 bits per heavy atom. The molecule has 3 aromatic rings. The molecule has 0 aliphatic heterocycles. The van der Waals surface area contributed by atoms with Crippen LogP contribution in [-0.4, -0.2) is 14.2 Å². The zero-order chi connectivity index (χ0) is 19.4. The number of aryl methyl sites for hydroxylation is 2. The third-order valence-electron chi connectivity index (χ3n) is 4.38. The zero-order valence-corrected chi connectivity index (χ0v) is 16.0. The van der Waals surface area contributed by atoms with Crippen LogP contribution < -0.4 is 11.2 Å². The van der Waals surface area contributed by atoms with Crippen LogP contribution in [0.5, 0.6) is 5.88 Å². The van der Waals surface area contributed by atoms with Crippen LogP contribution in [-0.2, 0) is 25.9 Å². The van der Waals surface area contributed by atoms with E-state index >= 15 is 0 Å². The first kappa shape index (κ1) is 19.3. The van der Waals surface area contributed by atoms with Gasteiger partial charge in [0.1, 0.15) is 0 Å². The number of hydrogen-bond acceptors (Lipinski definition) is 3. The van der Waals surface area contributed by atoms with Crippen molar-refractivity contribution in [3.05, 3.63) is 96.6 Å². The predicted octanol–water partition coefficient (Wildman–Crippen LogP) is 3.51. The van der Waals surface area contributed by atoms with E-state index in [-0.39, 0.29) is 19.0 Å². The van der Waals surface area contributed by atoms with E-state index < -0.39 is 11.2 Å². The van der Waals surface area contributed by atoms with Gasteiger partial charge in [-0.25, -0.2) is 4.79 Å². The minimum absolute atomic E-state index is 0.174. The van der Waals surface area contributed by atoms with Gasteiger partial charge in [0.15, 0.2) is 0 Å². The van der Waals surface area contributed by atoms with E-state index in [2.05, 4.69) is 0 Å². The highest BCUT2D eigenvalue weighted by molar-refractivity contribution is 6.31. The maximum atomic E-state index is 12.7. The summed E-state index contributed by atoms with van der Waals surface area (Å²) in [7, 11) is 0. The summed E-state index contributed by atoms with van der Waals surface area (Å²) < 4.78 is 2.28. The molecule has 0 aliphatic carbocycles. The second-order valence-electron chi connectivity index (χ2n) is 6.11. The van der Waals surface area contributed by atoms with Crippen molar-refractivity contribution < 1.29 is 5.11 Å². The van der Waals surface area contributed by atoms with Crippen LogP contribution in [0.1, 0.15) is 11.1 Å². The minimum atomic E-state index is -0.556. The van der Waals surface area contributed by atoms with E-state index in [0.29, 0.717) is 22.9 Å². The molecule has 0 atom stereocenters. The second kappa shape index (κ2) is 8.46. The maximum absolute atomic E-state index is 12.7. The van der Waals surface area contributed by atoms with Crippen LogP contribution in [0.3, 0.4) is 0 Å². The van der Waals surface area contributed by atoms with Gasteiger partial charge < -0.3 is 5.11 Å². The van der Waals surface area contributed by atoms with Gasteiger partial charge in [-0.3, -0.25) is 13.9 Å². The summed E-state index contributed by atoms with van der Waals surface area (Å²) in [5.41, 5.74) is 0.609. The van der Waals surface area contributed by atoms with Crippen molar-refractivity contribution in [3.8, 4) is 5.88 Å². The van der Waals surface area contributed by atoms with Crippen molar-refractivity contribution in [1.82, 2.24) is 9.13 Å². The van der Waals surface area contributed by atoms with E-state index in [1.54, 1.807) is 12.1 Å². The zero-order valence-electron chi connectivity index (χ0n) is 14.4. The summed E-state index contributed by atoms with van der Waals surface area (Å²) in [4.78, 5) is 24.9. The Morgan fingerprint density at radius 3 is 1.78 bits per heavy atom. The second-order valence-corrected chi connectivity index (χ2v) is 6.92. The Morgan fingerprint density at radius 1 is 0.778 bits per heavy atom. The van der Waals surface area contributed by atoms with Gasteiger partial charge >= 0.3 is 5.69 Å². The number of aromatic hydroxyl groups is 1. The summed E-state index contributed by atoms with van der Waals surface area (Å²) >= 11 is 12.3. The van der Waals surface area contributed by atoms with Crippen molar-refractivity contribution in [1.29, 1.82) is 0 Å². The lowest BCUT2D eigenvalue weighted by Gasteiger charge is -2.13. The van der Waals surface area contributed by atoms with Crippen LogP contribution in [0.4, 0.5) is 0 Å². The van der Waals surface area contributed by atoms with E-state index in [1.807, 2.05) is 36.4 Å². The lowest BCUT2D eigenvalue weighted by atomic mass is 10.1. The number of benzene rings is 2. The molecule has 0 saturated heterocycles. The van der Waals surface area contributed by atoms with Gasteiger partial charge in [-0.05, 0) is 36.1 Å². The predicted molar refractivity (Wildman–Crippen MR) is 107 cm³/mol. The van der Waals surface area contributed by atoms with E-state index in [0.717, 1.165) is 21.8 Å². The van der Waals surface area contributed by atoms with Gasteiger partial charge in [-0.2, -0.15) is 0 Å². The molecule has 1 heterocycles. The van der Waals surface area contributed by atoms with Crippen molar-refractivity contribution in [2.45, 2.75) is 25.9 Å². The molecule has 27 heavy (non-hydrogen) atoms. The molecular weight excluding hydrogens is 387 g/mol. The Balaban J connectivity index is 1.85. The third-order valence-corrected chi connectivity index (χ3v) is 5.12. The highest BCUT2D eigenvalue weighted by Gasteiger charge is 2.12. The lowest BCUT2D eigenvalue weighted by Crippen LogP contribution is -2.40. The van der Waals surface area contributed by atoms with E-state index in [1.165, 1.54) is 4.57 Å². The number of hydrogen-bond donors (Lipinski definition) is 1. The van der Waals surface area contributed by atoms with Gasteiger partial charge in [-0.1, -0.05) is 59.6 Å². The SMILES string of the molecule is O=c1cc(O)n(CCc2ccccc2Cl)c(=O)n1CCc1ccccc1Cl. The molecule has 0 saturated carbocycles. The number of aromatic nitrogens is 2. The van der Waals surface area contributed by atoms with Crippen molar-refractivity contribution in [2.24, 2.45) is 0 Å². The highest BCUT2D eigenvalue weighted by Crippen LogP contribution is 2.17. The molecular formula is C20H18Cl2N2O3. The molecule has 0 unspecified atom stereocenters. The van der Waals surface area contributed by atoms with Crippen molar-refractivity contribution in [2.75, 3.05) is 0 Å². The molecule has 1 N–H and O–H groups in total. The van der Waals surface area contributed by atoms with Crippen LogP contribution in [0.15, 0.2) is 64.2 Å². The molecule has 0 radical (unpaired) electrons. The molecule has 7 heteroatoms. The Kier molecular flexibility index (Phi) is 6.04. The standard InChI is InChI=1S/C20H18Cl2N2O3/c21-16-7-3-1-5-14(16)9-11-23-18(25)13-19(26)24(20(23)27)12-10-15-6-2-4-8-17(15)22/h1-8,13,25H,9-12H2. The normalized spacial score (nSPS) is 10.9. The summed E-state index contributed by atoms with van der Waals surface area (Å²) in [6.07, 6.45) is 0.889. The molecule has 5 nitrogen and oxygen atoms in total. The first-order valence-corrected chi connectivity index (χ1v) is 9.23. The number of rotatable bonds is 6. The van der Waals surface area contributed by atoms with Crippen LogP contribution in [0.2, 0.25) is 10.0 Å². The fraction of sp³-hybridized carbons (Fsp3) is 0.200. The molecule has 2 aromatic carbocycles. The number of halogens is 2. The average Bonchev–Trinajstić information content (AvgIpc) is 2.64. The average molecular weight is 405 g/mol. The summed E-state index contributed by atoms with van der Waals surface area (Å²) in [6, 6.07) is 15.6. The molecule has 140 valence electrons. The van der Waals surface area contributed by atoms with Gasteiger partial charge in [0.05, 0.1) is 6.07 Å². The molecule has 3 rings (SSSR count). The van der Waals surface area contributed by atoms with Gasteiger partial charge in [0, 0.05) is 23.1 Å². The first-order valence-electron chi connectivity index (χ1n) is 8.48. The largest absolute Gasteiger partial charge is 0.494 e. The molecule has 0 bridgehead atoms. The molecule has 1 aromatic heterocycles.